The average molecular weight is 293 g/mol. The lowest BCUT2D eigenvalue weighted by Gasteiger charge is -2.31. The third-order valence-electron chi connectivity index (χ3n) is 3.60. The van der Waals surface area contributed by atoms with Crippen LogP contribution in [0.15, 0.2) is 24.3 Å². The molecular formula is C16H20FNO3. The molecule has 1 atom stereocenters. The molecule has 1 aromatic rings. The van der Waals surface area contributed by atoms with Crippen LogP contribution in [0.4, 0.5) is 4.39 Å². The fourth-order valence-electron chi connectivity index (χ4n) is 2.64. The van der Waals surface area contributed by atoms with Gasteiger partial charge in [-0.25, -0.2) is 9.18 Å². The zero-order valence-electron chi connectivity index (χ0n) is 12.1. The Morgan fingerprint density at radius 1 is 1.52 bits per heavy atom. The van der Waals surface area contributed by atoms with Crippen LogP contribution in [0.5, 0.6) is 0 Å². The summed E-state index contributed by atoms with van der Waals surface area (Å²) < 4.78 is 19.0. The summed E-state index contributed by atoms with van der Waals surface area (Å²) in [5, 5.41) is 8.63. The molecule has 0 aromatic heterocycles. The molecule has 0 radical (unpaired) electrons. The lowest BCUT2D eigenvalue weighted by molar-refractivity contribution is -0.131. The second-order valence-electron chi connectivity index (χ2n) is 5.30. The van der Waals surface area contributed by atoms with E-state index >= 15 is 0 Å². The van der Waals surface area contributed by atoms with Gasteiger partial charge in [-0.15, -0.1) is 0 Å². The van der Waals surface area contributed by atoms with Crippen LogP contribution in [0, 0.1) is 5.82 Å². The third-order valence-corrected chi connectivity index (χ3v) is 3.60. The van der Waals surface area contributed by atoms with Crippen LogP contribution in [-0.4, -0.2) is 42.3 Å². The number of likely N-dealkylation sites (tertiary alicyclic amines) is 1. The summed E-state index contributed by atoms with van der Waals surface area (Å²) in [6.07, 6.45) is 4.78. The van der Waals surface area contributed by atoms with Crippen molar-refractivity contribution in [1.82, 2.24) is 4.90 Å². The molecule has 114 valence electrons. The number of carboxylic acids is 1. The molecule has 1 aliphatic heterocycles. The van der Waals surface area contributed by atoms with Crippen LogP contribution in [-0.2, 0) is 16.1 Å². The molecule has 1 saturated heterocycles. The monoisotopic (exact) mass is 293 g/mol. The molecule has 5 heteroatoms. The number of aliphatic carboxylic acids is 1. The molecule has 0 amide bonds. The Hall–Kier alpha value is -1.72. The van der Waals surface area contributed by atoms with Crippen molar-refractivity contribution in [2.75, 3.05) is 20.2 Å². The first-order chi connectivity index (χ1) is 10.1. The van der Waals surface area contributed by atoms with Crippen LogP contribution in [0.1, 0.15) is 24.0 Å². The molecule has 2 rings (SSSR count). The van der Waals surface area contributed by atoms with E-state index in [1.165, 1.54) is 18.2 Å². The average Bonchev–Trinajstić information content (AvgIpc) is 2.45. The van der Waals surface area contributed by atoms with E-state index in [-0.39, 0.29) is 11.9 Å². The first kappa shape index (κ1) is 15.7. The highest BCUT2D eigenvalue weighted by Crippen LogP contribution is 2.18. The molecule has 1 unspecified atom stereocenters. The zero-order chi connectivity index (χ0) is 15.2. The van der Waals surface area contributed by atoms with Crippen LogP contribution in [0.25, 0.3) is 6.08 Å². The Balaban J connectivity index is 2.07. The van der Waals surface area contributed by atoms with Gasteiger partial charge in [0.05, 0.1) is 6.10 Å². The van der Waals surface area contributed by atoms with Gasteiger partial charge < -0.3 is 9.84 Å². The summed E-state index contributed by atoms with van der Waals surface area (Å²) in [5.74, 6) is -1.39. The van der Waals surface area contributed by atoms with E-state index in [1.807, 2.05) is 6.07 Å². The van der Waals surface area contributed by atoms with E-state index in [0.29, 0.717) is 12.1 Å². The van der Waals surface area contributed by atoms with Gasteiger partial charge in [-0.05, 0) is 48.7 Å². The Bertz CT molecular complexity index is 530. The van der Waals surface area contributed by atoms with Gasteiger partial charge in [0, 0.05) is 26.3 Å². The van der Waals surface area contributed by atoms with Gasteiger partial charge >= 0.3 is 5.97 Å². The Kier molecular flexibility index (Phi) is 5.47. The zero-order valence-corrected chi connectivity index (χ0v) is 12.1. The topological polar surface area (TPSA) is 49.8 Å². The molecule has 1 N–H and O–H groups in total. The fourth-order valence-corrected chi connectivity index (χ4v) is 2.64. The third kappa shape index (κ3) is 4.95. The normalized spacial score (nSPS) is 20.0. The Morgan fingerprint density at radius 2 is 2.33 bits per heavy atom. The Morgan fingerprint density at radius 3 is 3.05 bits per heavy atom. The van der Waals surface area contributed by atoms with Gasteiger partial charge in [0.2, 0.25) is 0 Å². The number of ether oxygens (including phenoxy) is 1. The molecule has 1 fully saturated rings. The summed E-state index contributed by atoms with van der Waals surface area (Å²) in [7, 11) is 1.71. The van der Waals surface area contributed by atoms with Crippen molar-refractivity contribution >= 4 is 12.0 Å². The van der Waals surface area contributed by atoms with E-state index < -0.39 is 5.97 Å². The molecular weight excluding hydrogens is 273 g/mol. The molecule has 1 heterocycles. The summed E-state index contributed by atoms with van der Waals surface area (Å²) >= 11 is 0. The number of rotatable bonds is 5. The second kappa shape index (κ2) is 7.33. The SMILES string of the molecule is COC1CCCN(Cc2cc(F)cc(/C=C/C(=O)O)c2)C1. The summed E-state index contributed by atoms with van der Waals surface area (Å²) in [6, 6.07) is 4.64. The molecule has 0 spiro atoms. The number of halogens is 1. The predicted octanol–water partition coefficient (Wildman–Crippen LogP) is 2.53. The number of hydrogen-bond acceptors (Lipinski definition) is 3. The van der Waals surface area contributed by atoms with Crippen LogP contribution < -0.4 is 0 Å². The minimum Gasteiger partial charge on any atom is -0.478 e. The number of carboxylic acid groups (broad SMARTS) is 1. The first-order valence-corrected chi connectivity index (χ1v) is 7.02. The van der Waals surface area contributed by atoms with Gasteiger partial charge in [-0.1, -0.05) is 6.07 Å². The van der Waals surface area contributed by atoms with Gasteiger partial charge in [-0.3, -0.25) is 4.90 Å². The van der Waals surface area contributed by atoms with Crippen molar-refractivity contribution in [3.8, 4) is 0 Å². The van der Waals surface area contributed by atoms with E-state index in [4.69, 9.17) is 9.84 Å². The lowest BCUT2D eigenvalue weighted by Crippen LogP contribution is -2.38. The number of methoxy groups -OCH3 is 1. The van der Waals surface area contributed by atoms with Gasteiger partial charge in [0.1, 0.15) is 5.82 Å². The van der Waals surface area contributed by atoms with Crippen molar-refractivity contribution in [3.63, 3.8) is 0 Å². The first-order valence-electron chi connectivity index (χ1n) is 7.02. The quantitative estimate of drug-likeness (QED) is 0.848. The van der Waals surface area contributed by atoms with Crippen molar-refractivity contribution in [2.24, 2.45) is 0 Å². The summed E-state index contributed by atoms with van der Waals surface area (Å²) in [5.41, 5.74) is 1.41. The fraction of sp³-hybridized carbons (Fsp3) is 0.438. The smallest absolute Gasteiger partial charge is 0.328 e. The highest BCUT2D eigenvalue weighted by atomic mass is 19.1. The molecule has 21 heavy (non-hydrogen) atoms. The molecule has 1 aliphatic rings. The van der Waals surface area contributed by atoms with Crippen molar-refractivity contribution in [2.45, 2.75) is 25.5 Å². The number of piperidine rings is 1. The highest BCUT2D eigenvalue weighted by molar-refractivity contribution is 5.85. The predicted molar refractivity (Wildman–Crippen MR) is 78.4 cm³/mol. The van der Waals surface area contributed by atoms with E-state index in [2.05, 4.69) is 4.90 Å². The van der Waals surface area contributed by atoms with Gasteiger partial charge in [0.25, 0.3) is 0 Å². The second-order valence-corrected chi connectivity index (χ2v) is 5.30. The standard InChI is InChI=1S/C16H20FNO3/c1-21-15-3-2-6-18(11-15)10-13-7-12(4-5-16(19)20)8-14(17)9-13/h4-5,7-9,15H,2-3,6,10-11H2,1H3,(H,19,20)/b5-4+. The molecule has 0 aliphatic carbocycles. The molecule has 4 nitrogen and oxygen atoms in total. The minimum absolute atomic E-state index is 0.235. The number of nitrogens with zero attached hydrogens (tertiary/aromatic N) is 1. The minimum atomic E-state index is -1.04. The maximum Gasteiger partial charge on any atom is 0.328 e. The summed E-state index contributed by atoms with van der Waals surface area (Å²) in [6.45, 7) is 2.45. The molecule has 0 saturated carbocycles. The van der Waals surface area contributed by atoms with Gasteiger partial charge in [-0.2, -0.15) is 0 Å². The van der Waals surface area contributed by atoms with E-state index in [0.717, 1.165) is 37.6 Å². The van der Waals surface area contributed by atoms with Gasteiger partial charge in [0.15, 0.2) is 0 Å². The number of benzene rings is 1. The van der Waals surface area contributed by atoms with Crippen LogP contribution in [0.3, 0.4) is 0 Å². The molecule has 1 aromatic carbocycles. The largest absolute Gasteiger partial charge is 0.478 e. The van der Waals surface area contributed by atoms with Crippen molar-refractivity contribution < 1.29 is 19.0 Å². The maximum absolute atomic E-state index is 13.6. The molecule has 0 bridgehead atoms. The number of hydrogen-bond donors (Lipinski definition) is 1. The Labute approximate surface area is 123 Å². The van der Waals surface area contributed by atoms with Crippen molar-refractivity contribution in [1.29, 1.82) is 0 Å². The number of carbonyl (C=O) groups is 1. The van der Waals surface area contributed by atoms with Crippen molar-refractivity contribution in [3.05, 3.63) is 41.2 Å². The van der Waals surface area contributed by atoms with Crippen LogP contribution in [0.2, 0.25) is 0 Å². The maximum atomic E-state index is 13.6. The van der Waals surface area contributed by atoms with Crippen LogP contribution >= 0.6 is 0 Å². The summed E-state index contributed by atoms with van der Waals surface area (Å²) in [4.78, 5) is 12.8. The van der Waals surface area contributed by atoms with E-state index in [9.17, 15) is 9.18 Å². The lowest BCUT2D eigenvalue weighted by atomic mass is 10.1. The van der Waals surface area contributed by atoms with E-state index in [1.54, 1.807) is 7.11 Å². The highest BCUT2D eigenvalue weighted by Gasteiger charge is 2.19.